The number of allylic oxidation sites excluding steroid dienone is 2. The minimum atomic E-state index is -0.428. The van der Waals surface area contributed by atoms with Crippen molar-refractivity contribution in [3.05, 3.63) is 12.2 Å². The molecule has 15 heavy (non-hydrogen) atoms. The summed E-state index contributed by atoms with van der Waals surface area (Å²) in [6.07, 6.45) is 9.12. The molecule has 0 saturated carbocycles. The topological polar surface area (TPSA) is 61.8 Å². The number of nitrogens with zero attached hydrogens (tertiary/aromatic N) is 2. The molecular weight excluding hydrogens is 194 g/mol. The lowest BCUT2D eigenvalue weighted by Crippen LogP contribution is -2.24. The molecule has 80 valence electrons. The Balaban J connectivity index is 1.90. The molecule has 0 aromatic carbocycles. The molecule has 1 atom stereocenters. The lowest BCUT2D eigenvalue weighted by atomic mass is 9.96. The molecule has 1 heterocycles. The van der Waals surface area contributed by atoms with Gasteiger partial charge >= 0.3 is 6.03 Å². The van der Waals surface area contributed by atoms with Gasteiger partial charge < -0.3 is 0 Å². The average molecular weight is 207 g/mol. The molecule has 2 rings (SSSR count). The molecule has 5 heteroatoms. The largest absolute Gasteiger partial charge is 0.344 e. The highest BCUT2D eigenvalue weighted by molar-refractivity contribution is 6.01. The van der Waals surface area contributed by atoms with Gasteiger partial charge in [-0.25, -0.2) is 9.80 Å². The van der Waals surface area contributed by atoms with Gasteiger partial charge in [-0.05, 0) is 25.2 Å². The minimum Gasteiger partial charge on any atom is -0.275 e. The van der Waals surface area contributed by atoms with Gasteiger partial charge in [0.1, 0.15) is 6.54 Å². The summed E-state index contributed by atoms with van der Waals surface area (Å²) in [5, 5.41) is 7.36. The fourth-order valence-electron chi connectivity index (χ4n) is 1.65. The van der Waals surface area contributed by atoms with Gasteiger partial charge in [0, 0.05) is 6.21 Å². The standard InChI is InChI=1S/C10H13N3O2/c14-9-7-13(10(15)12-9)11-6-8-4-2-1-3-5-8/h1-2,6,8H,3-5,7H2,(H,12,14,15)/b11-6-/t8-/m1/s1. The third kappa shape index (κ3) is 2.43. The number of imide groups is 1. The zero-order valence-electron chi connectivity index (χ0n) is 8.35. The molecule has 3 amide bonds. The quantitative estimate of drug-likeness (QED) is 0.415. The van der Waals surface area contributed by atoms with Crippen molar-refractivity contribution in [1.82, 2.24) is 10.3 Å². The highest BCUT2D eigenvalue weighted by Gasteiger charge is 2.26. The lowest BCUT2D eigenvalue weighted by Gasteiger charge is -2.13. The van der Waals surface area contributed by atoms with E-state index in [9.17, 15) is 9.59 Å². The van der Waals surface area contributed by atoms with Gasteiger partial charge in [-0.15, -0.1) is 0 Å². The maximum Gasteiger partial charge on any atom is 0.344 e. The van der Waals surface area contributed by atoms with Crippen molar-refractivity contribution in [2.45, 2.75) is 19.3 Å². The Bertz CT molecular complexity index is 336. The lowest BCUT2D eigenvalue weighted by molar-refractivity contribution is -0.118. The molecule has 1 saturated heterocycles. The molecule has 2 aliphatic rings. The van der Waals surface area contributed by atoms with Crippen LogP contribution in [0.5, 0.6) is 0 Å². The van der Waals surface area contributed by atoms with E-state index in [4.69, 9.17) is 0 Å². The summed E-state index contributed by atoms with van der Waals surface area (Å²) >= 11 is 0. The highest BCUT2D eigenvalue weighted by atomic mass is 16.2. The van der Waals surface area contributed by atoms with Crippen LogP contribution in [0.15, 0.2) is 17.3 Å². The predicted molar refractivity (Wildman–Crippen MR) is 55.2 cm³/mol. The number of hydrazone groups is 1. The number of carbonyl (C=O) groups is 2. The van der Waals surface area contributed by atoms with E-state index in [2.05, 4.69) is 22.6 Å². The Morgan fingerprint density at radius 1 is 1.47 bits per heavy atom. The molecule has 0 bridgehead atoms. The molecule has 1 fully saturated rings. The maximum atomic E-state index is 11.1. The Hall–Kier alpha value is -1.65. The number of amides is 3. The van der Waals surface area contributed by atoms with Gasteiger partial charge in [0.25, 0.3) is 0 Å². The van der Waals surface area contributed by atoms with E-state index in [-0.39, 0.29) is 12.5 Å². The Morgan fingerprint density at radius 2 is 2.33 bits per heavy atom. The fourth-order valence-corrected chi connectivity index (χ4v) is 1.65. The smallest absolute Gasteiger partial charge is 0.275 e. The van der Waals surface area contributed by atoms with Crippen molar-refractivity contribution >= 4 is 18.2 Å². The third-order valence-corrected chi connectivity index (χ3v) is 2.50. The summed E-state index contributed by atoms with van der Waals surface area (Å²) in [6, 6.07) is -0.428. The van der Waals surface area contributed by atoms with Crippen molar-refractivity contribution in [2.75, 3.05) is 6.54 Å². The Kier molecular flexibility index (Phi) is 2.80. The number of hydrogen-bond acceptors (Lipinski definition) is 3. The normalized spacial score (nSPS) is 26.4. The Labute approximate surface area is 87.8 Å². The SMILES string of the molecule is O=C1CN(/N=C\[C@@H]2CC=CCC2)C(=O)N1. The van der Waals surface area contributed by atoms with Crippen LogP contribution in [0, 0.1) is 5.92 Å². The van der Waals surface area contributed by atoms with Gasteiger partial charge in [0.15, 0.2) is 0 Å². The van der Waals surface area contributed by atoms with Crippen LogP contribution in [0.1, 0.15) is 19.3 Å². The van der Waals surface area contributed by atoms with Crippen LogP contribution in [-0.4, -0.2) is 29.7 Å². The molecular formula is C10H13N3O2. The summed E-state index contributed by atoms with van der Waals surface area (Å²) in [4.78, 5) is 22.0. The minimum absolute atomic E-state index is 0.0396. The second kappa shape index (κ2) is 4.25. The first-order chi connectivity index (χ1) is 7.25. The van der Waals surface area contributed by atoms with Crippen LogP contribution in [0.2, 0.25) is 0 Å². The first-order valence-corrected chi connectivity index (χ1v) is 5.06. The van der Waals surface area contributed by atoms with Crippen molar-refractivity contribution in [3.8, 4) is 0 Å². The number of urea groups is 1. The van der Waals surface area contributed by atoms with Gasteiger partial charge in [-0.1, -0.05) is 12.2 Å². The first kappa shape index (κ1) is 9.89. The summed E-state index contributed by atoms with van der Waals surface area (Å²) in [6.45, 7) is 0.0396. The molecule has 0 aromatic rings. The average Bonchev–Trinajstić information content (AvgIpc) is 2.56. The van der Waals surface area contributed by atoms with Crippen LogP contribution in [-0.2, 0) is 4.79 Å². The zero-order valence-corrected chi connectivity index (χ0v) is 8.35. The summed E-state index contributed by atoms with van der Waals surface area (Å²) in [5.41, 5.74) is 0. The number of carbonyl (C=O) groups excluding carboxylic acids is 2. The van der Waals surface area contributed by atoms with Crippen molar-refractivity contribution in [1.29, 1.82) is 0 Å². The second-order valence-corrected chi connectivity index (χ2v) is 3.72. The van der Waals surface area contributed by atoms with Crippen LogP contribution in [0.4, 0.5) is 4.79 Å². The predicted octanol–water partition coefficient (Wildman–Crippen LogP) is 0.880. The maximum absolute atomic E-state index is 11.1. The third-order valence-electron chi connectivity index (χ3n) is 2.50. The molecule has 1 aliphatic heterocycles. The summed E-state index contributed by atoms with van der Waals surface area (Å²) in [7, 11) is 0. The van der Waals surface area contributed by atoms with Crippen molar-refractivity contribution < 1.29 is 9.59 Å². The second-order valence-electron chi connectivity index (χ2n) is 3.72. The van der Waals surface area contributed by atoms with Crippen LogP contribution < -0.4 is 5.32 Å². The molecule has 5 nitrogen and oxygen atoms in total. The number of nitrogens with one attached hydrogen (secondary N) is 1. The van der Waals surface area contributed by atoms with Crippen molar-refractivity contribution in [2.24, 2.45) is 11.0 Å². The Morgan fingerprint density at radius 3 is 2.93 bits per heavy atom. The monoisotopic (exact) mass is 207 g/mol. The van der Waals surface area contributed by atoms with Gasteiger partial charge in [-0.2, -0.15) is 5.10 Å². The molecule has 1 N–H and O–H groups in total. The van der Waals surface area contributed by atoms with Crippen LogP contribution >= 0.6 is 0 Å². The molecule has 0 unspecified atom stereocenters. The molecule has 0 aromatic heterocycles. The molecule has 0 radical (unpaired) electrons. The number of hydrogen-bond donors (Lipinski definition) is 1. The van der Waals surface area contributed by atoms with E-state index >= 15 is 0 Å². The van der Waals surface area contributed by atoms with E-state index < -0.39 is 6.03 Å². The van der Waals surface area contributed by atoms with Crippen molar-refractivity contribution in [3.63, 3.8) is 0 Å². The van der Waals surface area contributed by atoms with Gasteiger partial charge in [0.05, 0.1) is 0 Å². The fraction of sp³-hybridized carbons (Fsp3) is 0.500. The molecule has 1 aliphatic carbocycles. The van der Waals surface area contributed by atoms with Gasteiger partial charge in [0.2, 0.25) is 5.91 Å². The van der Waals surface area contributed by atoms with Gasteiger partial charge in [-0.3, -0.25) is 10.1 Å². The van der Waals surface area contributed by atoms with E-state index in [0.29, 0.717) is 5.92 Å². The van der Waals surface area contributed by atoms with E-state index in [1.807, 2.05) is 0 Å². The summed E-state index contributed by atoms with van der Waals surface area (Å²) < 4.78 is 0. The van der Waals surface area contributed by atoms with E-state index in [1.54, 1.807) is 6.21 Å². The first-order valence-electron chi connectivity index (χ1n) is 5.06. The van der Waals surface area contributed by atoms with Crippen LogP contribution in [0.3, 0.4) is 0 Å². The van der Waals surface area contributed by atoms with E-state index in [0.717, 1.165) is 19.3 Å². The molecule has 0 spiro atoms. The zero-order chi connectivity index (χ0) is 10.7. The highest BCUT2D eigenvalue weighted by Crippen LogP contribution is 2.16. The van der Waals surface area contributed by atoms with E-state index in [1.165, 1.54) is 5.01 Å². The van der Waals surface area contributed by atoms with Crippen LogP contribution in [0.25, 0.3) is 0 Å². The summed E-state index contributed by atoms with van der Waals surface area (Å²) in [5.74, 6) is 0.0965. The number of rotatable bonds is 2.